The molecule has 2 rings (SSSR count). The minimum Gasteiger partial charge on any atom is -0.497 e. The molecule has 136 valence electrons. The summed E-state index contributed by atoms with van der Waals surface area (Å²) in [5, 5.41) is 0. The molecule has 0 unspecified atom stereocenters. The summed E-state index contributed by atoms with van der Waals surface area (Å²) in [6.07, 6.45) is 0. The van der Waals surface area contributed by atoms with Gasteiger partial charge in [0.05, 0.1) is 12.8 Å². The van der Waals surface area contributed by atoms with Crippen molar-refractivity contribution in [1.29, 1.82) is 0 Å². The van der Waals surface area contributed by atoms with Crippen LogP contribution in [0.25, 0.3) is 0 Å². The lowest BCUT2D eigenvalue weighted by Gasteiger charge is -2.34. The van der Waals surface area contributed by atoms with Gasteiger partial charge in [-0.05, 0) is 59.2 Å². The van der Waals surface area contributed by atoms with Gasteiger partial charge >= 0.3 is 0 Å². The van der Waals surface area contributed by atoms with E-state index < -0.39 is 0 Å². The normalized spacial score (nSPS) is 11.1. The van der Waals surface area contributed by atoms with Crippen molar-refractivity contribution in [2.45, 2.75) is 60.2 Å². The summed E-state index contributed by atoms with van der Waals surface area (Å²) in [6.45, 7) is 13.6. The van der Waals surface area contributed by atoms with Gasteiger partial charge in [0.2, 0.25) is 0 Å². The summed E-state index contributed by atoms with van der Waals surface area (Å²) < 4.78 is 11.6. The third-order valence-corrected chi connectivity index (χ3v) is 4.23. The lowest BCUT2D eigenvalue weighted by molar-refractivity contribution is 0.304. The Morgan fingerprint density at radius 3 is 2.00 bits per heavy atom. The van der Waals surface area contributed by atoms with Crippen LogP contribution in [0.5, 0.6) is 11.5 Å². The second-order valence-electron chi connectivity index (χ2n) is 7.21. The van der Waals surface area contributed by atoms with E-state index in [4.69, 9.17) is 9.47 Å². The molecule has 0 heterocycles. The van der Waals surface area contributed by atoms with E-state index in [1.165, 1.54) is 16.7 Å². The minimum atomic E-state index is 0.371. The fraction of sp³-hybridized carbons (Fsp3) is 0.455. The van der Waals surface area contributed by atoms with Crippen molar-refractivity contribution in [2.75, 3.05) is 12.0 Å². The first-order chi connectivity index (χ1) is 11.8. The van der Waals surface area contributed by atoms with Crippen LogP contribution in [0.15, 0.2) is 36.4 Å². The summed E-state index contributed by atoms with van der Waals surface area (Å²) in [4.78, 5) is 2.36. The molecule has 0 amide bonds. The van der Waals surface area contributed by atoms with Crippen molar-refractivity contribution >= 4 is 5.69 Å². The molecule has 0 spiro atoms. The number of hydrogen-bond donors (Lipinski definition) is 0. The maximum Gasteiger partial charge on any atom is 0.143 e. The van der Waals surface area contributed by atoms with E-state index in [9.17, 15) is 0 Å². The number of rotatable bonds is 7. The maximum absolute atomic E-state index is 6.22. The Kier molecular flexibility index (Phi) is 6.35. The van der Waals surface area contributed by atoms with Crippen LogP contribution in [-0.4, -0.2) is 19.2 Å². The Balaban J connectivity index is 2.33. The summed E-state index contributed by atoms with van der Waals surface area (Å²) in [5.41, 5.74) is 4.80. The first-order valence-corrected chi connectivity index (χ1v) is 8.98. The molecule has 0 N–H and O–H groups in total. The summed E-state index contributed by atoms with van der Waals surface area (Å²) >= 11 is 0. The third-order valence-electron chi connectivity index (χ3n) is 4.23. The molecule has 0 radical (unpaired) electrons. The van der Waals surface area contributed by atoms with Crippen LogP contribution in [0, 0.1) is 13.8 Å². The van der Waals surface area contributed by atoms with E-state index in [0.29, 0.717) is 18.7 Å². The van der Waals surface area contributed by atoms with Gasteiger partial charge in [-0.3, -0.25) is 0 Å². The predicted molar refractivity (Wildman–Crippen MR) is 106 cm³/mol. The van der Waals surface area contributed by atoms with Gasteiger partial charge in [0.15, 0.2) is 0 Å². The van der Waals surface area contributed by atoms with Gasteiger partial charge in [0.25, 0.3) is 0 Å². The van der Waals surface area contributed by atoms with Gasteiger partial charge in [-0.25, -0.2) is 0 Å². The summed E-state index contributed by atoms with van der Waals surface area (Å²) in [5.74, 6) is 1.74. The van der Waals surface area contributed by atoms with Crippen LogP contribution < -0.4 is 14.4 Å². The number of ether oxygens (including phenoxy) is 2. The molecule has 0 atom stereocenters. The molecule has 2 aromatic rings. The topological polar surface area (TPSA) is 21.7 Å². The summed E-state index contributed by atoms with van der Waals surface area (Å²) in [6, 6.07) is 13.3. The van der Waals surface area contributed by atoms with Crippen LogP contribution >= 0.6 is 0 Å². The average molecular weight is 341 g/mol. The highest BCUT2D eigenvalue weighted by Crippen LogP contribution is 2.35. The molecule has 0 saturated heterocycles. The van der Waals surface area contributed by atoms with E-state index in [1.807, 2.05) is 12.1 Å². The van der Waals surface area contributed by atoms with Crippen molar-refractivity contribution in [1.82, 2.24) is 0 Å². The Morgan fingerprint density at radius 1 is 0.880 bits per heavy atom. The van der Waals surface area contributed by atoms with E-state index in [1.54, 1.807) is 7.11 Å². The van der Waals surface area contributed by atoms with Crippen molar-refractivity contribution in [2.24, 2.45) is 0 Å². The smallest absolute Gasteiger partial charge is 0.143 e. The molecule has 2 aromatic carbocycles. The van der Waals surface area contributed by atoms with Crippen LogP contribution in [0.1, 0.15) is 44.4 Å². The number of nitrogens with zero attached hydrogens (tertiary/aromatic N) is 1. The fourth-order valence-corrected chi connectivity index (χ4v) is 3.41. The Hall–Kier alpha value is -2.16. The molecular formula is C22H31NO2. The fourth-order valence-electron chi connectivity index (χ4n) is 3.41. The lowest BCUT2D eigenvalue weighted by Crippen LogP contribution is -2.37. The number of hydrogen-bond acceptors (Lipinski definition) is 3. The van der Waals surface area contributed by atoms with Crippen molar-refractivity contribution in [3.8, 4) is 11.5 Å². The Bertz CT molecular complexity index is 679. The maximum atomic E-state index is 6.22. The van der Waals surface area contributed by atoms with E-state index >= 15 is 0 Å². The quantitative estimate of drug-likeness (QED) is 0.662. The van der Waals surface area contributed by atoms with Crippen LogP contribution in [0.3, 0.4) is 0 Å². The number of benzene rings is 2. The molecule has 0 saturated carbocycles. The van der Waals surface area contributed by atoms with Gasteiger partial charge in [-0.2, -0.15) is 0 Å². The SMILES string of the molecule is COc1ccc(OCc2cc(C)cc(C)c2)c(N(C(C)C)C(C)C)c1. The molecule has 0 aromatic heterocycles. The van der Waals surface area contributed by atoms with E-state index in [-0.39, 0.29) is 0 Å². The Labute approximate surface area is 152 Å². The molecular weight excluding hydrogens is 310 g/mol. The van der Waals surface area contributed by atoms with Crippen LogP contribution in [0.4, 0.5) is 5.69 Å². The van der Waals surface area contributed by atoms with Gasteiger partial charge in [-0.15, -0.1) is 0 Å². The largest absolute Gasteiger partial charge is 0.497 e. The molecule has 0 bridgehead atoms. The second kappa shape index (κ2) is 8.28. The zero-order valence-corrected chi connectivity index (χ0v) is 16.6. The highest BCUT2D eigenvalue weighted by molar-refractivity contribution is 5.62. The molecule has 0 aliphatic rings. The van der Waals surface area contributed by atoms with E-state index in [0.717, 1.165) is 17.2 Å². The van der Waals surface area contributed by atoms with Crippen molar-refractivity contribution in [3.63, 3.8) is 0 Å². The van der Waals surface area contributed by atoms with Crippen molar-refractivity contribution in [3.05, 3.63) is 53.1 Å². The highest BCUT2D eigenvalue weighted by atomic mass is 16.5. The monoisotopic (exact) mass is 341 g/mol. The number of methoxy groups -OCH3 is 1. The number of aryl methyl sites for hydroxylation is 2. The standard InChI is InChI=1S/C22H31NO2/c1-15(2)23(16(3)4)21-13-20(24-7)8-9-22(21)25-14-19-11-17(5)10-18(6)12-19/h8-13,15-16H,14H2,1-7H3. The zero-order chi connectivity index (χ0) is 18.6. The van der Waals surface area contributed by atoms with Gasteiger partial charge in [-0.1, -0.05) is 29.3 Å². The average Bonchev–Trinajstić information content (AvgIpc) is 2.52. The van der Waals surface area contributed by atoms with Crippen LogP contribution in [0.2, 0.25) is 0 Å². The van der Waals surface area contributed by atoms with Crippen LogP contribution in [-0.2, 0) is 6.61 Å². The van der Waals surface area contributed by atoms with Gasteiger partial charge < -0.3 is 14.4 Å². The molecule has 0 fully saturated rings. The lowest BCUT2D eigenvalue weighted by atomic mass is 10.1. The zero-order valence-electron chi connectivity index (χ0n) is 16.6. The second-order valence-corrected chi connectivity index (χ2v) is 7.21. The van der Waals surface area contributed by atoms with Gasteiger partial charge in [0.1, 0.15) is 18.1 Å². The third kappa shape index (κ3) is 4.91. The molecule has 25 heavy (non-hydrogen) atoms. The highest BCUT2D eigenvalue weighted by Gasteiger charge is 2.19. The van der Waals surface area contributed by atoms with Crippen molar-refractivity contribution < 1.29 is 9.47 Å². The predicted octanol–water partition coefficient (Wildman–Crippen LogP) is 5.51. The first kappa shape index (κ1) is 19.2. The first-order valence-electron chi connectivity index (χ1n) is 8.98. The van der Waals surface area contributed by atoms with E-state index in [2.05, 4.69) is 70.7 Å². The Morgan fingerprint density at radius 2 is 1.48 bits per heavy atom. The molecule has 0 aliphatic carbocycles. The minimum absolute atomic E-state index is 0.371. The molecule has 3 heteroatoms. The molecule has 3 nitrogen and oxygen atoms in total. The van der Waals surface area contributed by atoms with Gasteiger partial charge in [0, 0.05) is 18.2 Å². The number of anilines is 1. The molecule has 0 aliphatic heterocycles. The summed E-state index contributed by atoms with van der Waals surface area (Å²) in [7, 11) is 1.70.